The van der Waals surface area contributed by atoms with Gasteiger partial charge in [0.05, 0.1) is 0 Å². The third-order valence-corrected chi connectivity index (χ3v) is 2.31. The molecule has 1 heterocycles. The lowest BCUT2D eigenvalue weighted by Gasteiger charge is -2.22. The fourth-order valence-electron chi connectivity index (χ4n) is 1.55. The first-order valence-electron chi connectivity index (χ1n) is 4.19. The van der Waals surface area contributed by atoms with Gasteiger partial charge < -0.3 is 10.0 Å². The van der Waals surface area contributed by atoms with Crippen molar-refractivity contribution >= 4 is 0 Å². The molecule has 60 valence electrons. The van der Waals surface area contributed by atoms with Gasteiger partial charge in [-0.1, -0.05) is 0 Å². The van der Waals surface area contributed by atoms with Crippen molar-refractivity contribution in [2.24, 2.45) is 0 Å². The Hall–Kier alpha value is -0.0800. The molecule has 0 spiro atoms. The number of aliphatic hydroxyl groups is 1. The Morgan fingerprint density at radius 1 is 1.40 bits per heavy atom. The molecule has 1 fully saturated rings. The summed E-state index contributed by atoms with van der Waals surface area (Å²) in [6, 6.07) is 0.590. The number of nitrogens with zero attached hydrogens (tertiary/aromatic N) is 1. The fourth-order valence-corrected chi connectivity index (χ4v) is 1.55. The van der Waals surface area contributed by atoms with Crippen LogP contribution in [0.1, 0.15) is 26.2 Å². The van der Waals surface area contributed by atoms with E-state index in [4.69, 9.17) is 5.11 Å². The SMILES string of the molecule is C[C@@H](CCO)N1CCCC1. The van der Waals surface area contributed by atoms with Crippen molar-refractivity contribution in [3.05, 3.63) is 0 Å². The molecule has 1 aliphatic rings. The topological polar surface area (TPSA) is 23.5 Å². The van der Waals surface area contributed by atoms with E-state index in [-0.39, 0.29) is 0 Å². The van der Waals surface area contributed by atoms with E-state index in [0.29, 0.717) is 12.6 Å². The van der Waals surface area contributed by atoms with Crippen molar-refractivity contribution < 1.29 is 5.11 Å². The molecule has 0 aromatic rings. The molecular formula is C8H17NO. The van der Waals surface area contributed by atoms with Crippen LogP contribution in [0, 0.1) is 0 Å². The van der Waals surface area contributed by atoms with E-state index in [1.807, 2.05) is 0 Å². The van der Waals surface area contributed by atoms with Gasteiger partial charge in [0, 0.05) is 12.6 Å². The largest absolute Gasteiger partial charge is 0.396 e. The van der Waals surface area contributed by atoms with Crippen LogP contribution in [0.4, 0.5) is 0 Å². The molecule has 0 saturated carbocycles. The Labute approximate surface area is 62.8 Å². The zero-order chi connectivity index (χ0) is 7.40. The summed E-state index contributed by atoms with van der Waals surface area (Å²) >= 11 is 0. The molecule has 1 rings (SSSR count). The van der Waals surface area contributed by atoms with Crippen LogP contribution in [-0.2, 0) is 0 Å². The van der Waals surface area contributed by atoms with Gasteiger partial charge in [0.15, 0.2) is 0 Å². The summed E-state index contributed by atoms with van der Waals surface area (Å²) in [5.74, 6) is 0. The molecule has 1 aliphatic heterocycles. The van der Waals surface area contributed by atoms with Crippen LogP contribution in [0.25, 0.3) is 0 Å². The summed E-state index contributed by atoms with van der Waals surface area (Å²) in [6.45, 7) is 5.00. The van der Waals surface area contributed by atoms with E-state index in [0.717, 1.165) is 6.42 Å². The van der Waals surface area contributed by atoms with Crippen molar-refractivity contribution in [2.45, 2.75) is 32.2 Å². The second-order valence-corrected chi connectivity index (χ2v) is 3.10. The van der Waals surface area contributed by atoms with Crippen LogP contribution in [0.2, 0.25) is 0 Å². The van der Waals surface area contributed by atoms with Gasteiger partial charge >= 0.3 is 0 Å². The minimum atomic E-state index is 0.331. The lowest BCUT2D eigenvalue weighted by molar-refractivity contribution is 0.196. The van der Waals surface area contributed by atoms with Crippen molar-refractivity contribution in [1.82, 2.24) is 4.90 Å². The Balaban J connectivity index is 2.18. The summed E-state index contributed by atoms with van der Waals surface area (Å²) in [5, 5.41) is 8.67. The number of hydrogen-bond acceptors (Lipinski definition) is 2. The number of aliphatic hydroxyl groups excluding tert-OH is 1. The van der Waals surface area contributed by atoms with E-state index >= 15 is 0 Å². The molecule has 0 aromatic heterocycles. The molecule has 0 bridgehead atoms. The van der Waals surface area contributed by atoms with Gasteiger partial charge in [-0.15, -0.1) is 0 Å². The molecule has 0 aromatic carbocycles. The first kappa shape index (κ1) is 8.02. The molecule has 2 heteroatoms. The maximum atomic E-state index is 8.67. The summed E-state index contributed by atoms with van der Waals surface area (Å²) in [6.07, 6.45) is 3.62. The third-order valence-electron chi connectivity index (χ3n) is 2.31. The molecule has 10 heavy (non-hydrogen) atoms. The van der Waals surface area contributed by atoms with E-state index in [9.17, 15) is 0 Å². The zero-order valence-electron chi connectivity index (χ0n) is 6.71. The predicted molar refractivity (Wildman–Crippen MR) is 42.0 cm³/mol. The summed E-state index contributed by atoms with van der Waals surface area (Å²) in [4.78, 5) is 2.45. The number of rotatable bonds is 3. The highest BCUT2D eigenvalue weighted by atomic mass is 16.3. The average molecular weight is 143 g/mol. The van der Waals surface area contributed by atoms with Gasteiger partial charge in [-0.2, -0.15) is 0 Å². The van der Waals surface area contributed by atoms with E-state index < -0.39 is 0 Å². The molecule has 1 atom stereocenters. The van der Waals surface area contributed by atoms with Crippen molar-refractivity contribution in [3.63, 3.8) is 0 Å². The second-order valence-electron chi connectivity index (χ2n) is 3.10. The average Bonchev–Trinajstić information content (AvgIpc) is 2.38. The molecule has 2 nitrogen and oxygen atoms in total. The second kappa shape index (κ2) is 3.94. The van der Waals surface area contributed by atoms with Gasteiger partial charge in [-0.25, -0.2) is 0 Å². The lowest BCUT2D eigenvalue weighted by Crippen LogP contribution is -2.30. The highest BCUT2D eigenvalue weighted by Crippen LogP contribution is 2.12. The van der Waals surface area contributed by atoms with Crippen molar-refractivity contribution in [3.8, 4) is 0 Å². The highest BCUT2D eigenvalue weighted by molar-refractivity contribution is 4.72. The monoisotopic (exact) mass is 143 g/mol. The fraction of sp³-hybridized carbons (Fsp3) is 1.00. The zero-order valence-corrected chi connectivity index (χ0v) is 6.71. The molecule has 0 amide bonds. The Kier molecular flexibility index (Phi) is 3.16. The van der Waals surface area contributed by atoms with E-state index in [1.54, 1.807) is 0 Å². The van der Waals surface area contributed by atoms with Crippen LogP contribution in [-0.4, -0.2) is 35.7 Å². The molecule has 0 radical (unpaired) electrons. The summed E-state index contributed by atoms with van der Waals surface area (Å²) in [7, 11) is 0. The van der Waals surface area contributed by atoms with Gasteiger partial charge in [0.1, 0.15) is 0 Å². The minimum absolute atomic E-state index is 0.331. The van der Waals surface area contributed by atoms with E-state index in [1.165, 1.54) is 25.9 Å². The summed E-state index contributed by atoms with van der Waals surface area (Å²) in [5.41, 5.74) is 0. The predicted octanol–water partition coefficient (Wildman–Crippen LogP) is 0.853. The summed E-state index contributed by atoms with van der Waals surface area (Å²) < 4.78 is 0. The standard InChI is InChI=1S/C8H17NO/c1-8(4-7-10)9-5-2-3-6-9/h8,10H,2-7H2,1H3/t8-/m0/s1. The first-order valence-corrected chi connectivity index (χ1v) is 4.19. The van der Waals surface area contributed by atoms with Crippen LogP contribution in [0.15, 0.2) is 0 Å². The maximum Gasteiger partial charge on any atom is 0.0445 e. The normalized spacial score (nSPS) is 23.4. The van der Waals surface area contributed by atoms with Crippen LogP contribution in [0.3, 0.4) is 0 Å². The molecular weight excluding hydrogens is 126 g/mol. The van der Waals surface area contributed by atoms with Crippen LogP contribution < -0.4 is 0 Å². The quantitative estimate of drug-likeness (QED) is 0.633. The van der Waals surface area contributed by atoms with Gasteiger partial charge in [-0.05, 0) is 39.3 Å². The number of hydrogen-bond donors (Lipinski definition) is 1. The van der Waals surface area contributed by atoms with Crippen molar-refractivity contribution in [2.75, 3.05) is 19.7 Å². The van der Waals surface area contributed by atoms with Crippen LogP contribution in [0.5, 0.6) is 0 Å². The Morgan fingerprint density at radius 2 is 2.00 bits per heavy atom. The molecule has 0 aliphatic carbocycles. The lowest BCUT2D eigenvalue weighted by atomic mass is 10.2. The first-order chi connectivity index (χ1) is 4.84. The van der Waals surface area contributed by atoms with Gasteiger partial charge in [-0.3, -0.25) is 0 Å². The third kappa shape index (κ3) is 1.96. The molecule has 0 unspecified atom stereocenters. The highest BCUT2D eigenvalue weighted by Gasteiger charge is 2.16. The smallest absolute Gasteiger partial charge is 0.0445 e. The minimum Gasteiger partial charge on any atom is -0.396 e. The Bertz CT molecular complexity index is 89.3. The Morgan fingerprint density at radius 3 is 2.50 bits per heavy atom. The van der Waals surface area contributed by atoms with Gasteiger partial charge in [0.2, 0.25) is 0 Å². The maximum absolute atomic E-state index is 8.67. The number of likely N-dealkylation sites (tertiary alicyclic amines) is 1. The van der Waals surface area contributed by atoms with Gasteiger partial charge in [0.25, 0.3) is 0 Å². The van der Waals surface area contributed by atoms with Crippen LogP contribution >= 0.6 is 0 Å². The van der Waals surface area contributed by atoms with E-state index in [2.05, 4.69) is 11.8 Å². The molecule has 1 saturated heterocycles. The van der Waals surface area contributed by atoms with Crippen molar-refractivity contribution in [1.29, 1.82) is 0 Å². The molecule has 1 N–H and O–H groups in total.